The summed E-state index contributed by atoms with van der Waals surface area (Å²) in [5.41, 5.74) is 0. The quantitative estimate of drug-likeness (QED) is 0.700. The Hall–Kier alpha value is -0.800. The molecule has 1 saturated heterocycles. The van der Waals surface area contributed by atoms with Crippen molar-refractivity contribution in [3.63, 3.8) is 0 Å². The van der Waals surface area contributed by atoms with Crippen LogP contribution in [0.5, 0.6) is 5.75 Å². The fourth-order valence-electron chi connectivity index (χ4n) is 3.70. The number of hydrogen-bond acceptors (Lipinski definition) is 2. The Balaban J connectivity index is 1.67. The smallest absolute Gasteiger partial charge is 0.163 e. The highest BCUT2D eigenvalue weighted by atomic mass is 32.2. The summed E-state index contributed by atoms with van der Waals surface area (Å²) >= 11 is 2.11. The maximum absolute atomic E-state index is 6.41. The molecule has 1 saturated carbocycles. The molecule has 1 nitrogen and oxygen atoms in total. The normalized spacial score (nSPS) is 20.7. The van der Waals surface area contributed by atoms with Gasteiger partial charge in [-0.3, -0.25) is 0 Å². The minimum atomic E-state index is 0.423. The molecule has 0 amide bonds. The molecule has 122 valence electrons. The van der Waals surface area contributed by atoms with Crippen molar-refractivity contribution in [3.8, 4) is 5.75 Å². The summed E-state index contributed by atoms with van der Waals surface area (Å²) in [7, 11) is 0.426. The number of benzene rings is 2. The molecule has 0 unspecified atom stereocenters. The lowest BCUT2D eigenvalue weighted by Gasteiger charge is -2.24. The van der Waals surface area contributed by atoms with Gasteiger partial charge in [0.2, 0.25) is 0 Å². The van der Waals surface area contributed by atoms with Gasteiger partial charge in [-0.25, -0.2) is 0 Å². The zero-order valence-corrected chi connectivity index (χ0v) is 15.3. The van der Waals surface area contributed by atoms with E-state index < -0.39 is 0 Å². The number of fused-ring (bicyclic) bond motifs is 1. The fourth-order valence-corrected chi connectivity index (χ4v) is 7.85. The molecule has 0 aromatic heterocycles. The minimum Gasteiger partial charge on any atom is -0.490 e. The van der Waals surface area contributed by atoms with Gasteiger partial charge in [0.15, 0.2) is 4.90 Å². The van der Waals surface area contributed by atoms with Crippen molar-refractivity contribution in [1.29, 1.82) is 0 Å². The van der Waals surface area contributed by atoms with Crippen LogP contribution in [0, 0.1) is 0 Å². The molecular weight excluding hydrogens is 320 g/mol. The molecule has 0 spiro atoms. The third-order valence-corrected chi connectivity index (χ3v) is 8.82. The van der Waals surface area contributed by atoms with Crippen LogP contribution in [0.2, 0.25) is 0 Å². The predicted octanol–water partition coefficient (Wildman–Crippen LogP) is 5.28. The van der Waals surface area contributed by atoms with Crippen molar-refractivity contribution in [1.82, 2.24) is 0 Å². The first-order valence-corrected chi connectivity index (χ1v) is 11.6. The third-order valence-electron chi connectivity index (χ3n) is 4.95. The van der Waals surface area contributed by atoms with Gasteiger partial charge in [-0.1, -0.05) is 24.6 Å². The van der Waals surface area contributed by atoms with E-state index in [1.807, 2.05) is 0 Å². The number of thioether (sulfide) groups is 1. The molecule has 2 aliphatic rings. The summed E-state index contributed by atoms with van der Waals surface area (Å²) in [6.07, 6.45) is 6.88. The second kappa shape index (κ2) is 7.40. The van der Waals surface area contributed by atoms with E-state index in [4.69, 9.17) is 4.74 Å². The molecule has 2 aromatic carbocycles. The molecule has 2 fully saturated rings. The highest BCUT2D eigenvalue weighted by Gasteiger charge is 2.28. The van der Waals surface area contributed by atoms with Crippen LogP contribution in [0.25, 0.3) is 10.8 Å². The Labute approximate surface area is 146 Å². The summed E-state index contributed by atoms with van der Waals surface area (Å²) < 4.78 is 6.41. The Morgan fingerprint density at radius 2 is 1.61 bits per heavy atom. The van der Waals surface area contributed by atoms with Gasteiger partial charge in [-0.2, -0.15) is 11.8 Å². The van der Waals surface area contributed by atoms with Crippen molar-refractivity contribution in [2.24, 2.45) is 0 Å². The lowest BCUT2D eigenvalue weighted by molar-refractivity contribution is 0.157. The molecule has 0 radical (unpaired) electrons. The Bertz CT molecular complexity index is 658. The van der Waals surface area contributed by atoms with Crippen LogP contribution in [0.1, 0.15) is 32.1 Å². The standard InChI is InChI=1S/C20H25OS2/c1-2-6-16(7-3-1)21-19-10-11-20(23-14-12-22-13-15-23)18-9-5-4-8-17(18)19/h4-5,8-11,16H,1-3,6-7,12-15H2/q+1. The van der Waals surface area contributed by atoms with Crippen molar-refractivity contribution in [2.75, 3.05) is 23.0 Å². The Kier molecular flexibility index (Phi) is 5.05. The number of rotatable bonds is 3. The van der Waals surface area contributed by atoms with Crippen LogP contribution >= 0.6 is 11.8 Å². The first-order chi connectivity index (χ1) is 11.4. The van der Waals surface area contributed by atoms with E-state index >= 15 is 0 Å². The minimum absolute atomic E-state index is 0.423. The number of hydrogen-bond donors (Lipinski definition) is 0. The van der Waals surface area contributed by atoms with Crippen LogP contribution in [0.3, 0.4) is 0 Å². The predicted molar refractivity (Wildman–Crippen MR) is 104 cm³/mol. The molecule has 1 aliphatic heterocycles. The van der Waals surface area contributed by atoms with E-state index in [9.17, 15) is 0 Å². The van der Waals surface area contributed by atoms with Crippen LogP contribution in [-0.4, -0.2) is 29.1 Å². The molecule has 1 heterocycles. The van der Waals surface area contributed by atoms with Crippen molar-refractivity contribution >= 4 is 33.4 Å². The van der Waals surface area contributed by atoms with Gasteiger partial charge >= 0.3 is 0 Å². The second-order valence-electron chi connectivity index (χ2n) is 6.50. The molecule has 3 heteroatoms. The molecule has 0 bridgehead atoms. The zero-order valence-electron chi connectivity index (χ0n) is 13.6. The van der Waals surface area contributed by atoms with E-state index in [0.717, 1.165) is 5.75 Å². The van der Waals surface area contributed by atoms with Crippen molar-refractivity contribution in [2.45, 2.75) is 43.1 Å². The van der Waals surface area contributed by atoms with Gasteiger partial charge in [0.05, 0.1) is 6.10 Å². The molecule has 23 heavy (non-hydrogen) atoms. The molecule has 0 atom stereocenters. The largest absolute Gasteiger partial charge is 0.490 e. The summed E-state index contributed by atoms with van der Waals surface area (Å²) in [5, 5.41) is 2.75. The maximum atomic E-state index is 6.41. The lowest BCUT2D eigenvalue weighted by atomic mass is 9.97. The SMILES string of the molecule is c1ccc2c([S+]3CCSCC3)ccc(OC3CCCCC3)c2c1. The van der Waals surface area contributed by atoms with E-state index in [-0.39, 0.29) is 0 Å². The summed E-state index contributed by atoms with van der Waals surface area (Å²) in [4.78, 5) is 1.57. The zero-order chi connectivity index (χ0) is 15.5. The van der Waals surface area contributed by atoms with Gasteiger partial charge in [-0.15, -0.1) is 0 Å². The van der Waals surface area contributed by atoms with Gasteiger partial charge < -0.3 is 4.74 Å². The topological polar surface area (TPSA) is 9.23 Å². The summed E-state index contributed by atoms with van der Waals surface area (Å²) in [5.74, 6) is 6.43. The number of ether oxygens (including phenoxy) is 1. The average Bonchev–Trinajstić information content (AvgIpc) is 2.64. The lowest BCUT2D eigenvalue weighted by Crippen LogP contribution is -2.22. The highest BCUT2D eigenvalue weighted by molar-refractivity contribution is 8.05. The second-order valence-corrected chi connectivity index (χ2v) is 9.97. The first-order valence-electron chi connectivity index (χ1n) is 8.85. The molecule has 1 aliphatic carbocycles. The van der Waals surface area contributed by atoms with Gasteiger partial charge in [0.1, 0.15) is 17.3 Å². The van der Waals surface area contributed by atoms with Crippen molar-refractivity contribution in [3.05, 3.63) is 36.4 Å². The van der Waals surface area contributed by atoms with E-state index in [1.165, 1.54) is 65.9 Å². The molecule has 4 rings (SSSR count). The van der Waals surface area contributed by atoms with Gasteiger partial charge in [0.25, 0.3) is 0 Å². The molecule has 0 N–H and O–H groups in total. The van der Waals surface area contributed by atoms with E-state index in [0.29, 0.717) is 17.0 Å². The third kappa shape index (κ3) is 3.51. The molecule has 2 aromatic rings. The van der Waals surface area contributed by atoms with Gasteiger partial charge in [-0.05, 0) is 43.9 Å². The van der Waals surface area contributed by atoms with E-state index in [1.54, 1.807) is 4.90 Å². The summed E-state index contributed by atoms with van der Waals surface area (Å²) in [6.45, 7) is 0. The van der Waals surface area contributed by atoms with E-state index in [2.05, 4.69) is 48.2 Å². The Morgan fingerprint density at radius 3 is 2.39 bits per heavy atom. The maximum Gasteiger partial charge on any atom is 0.163 e. The molecular formula is C20H25OS2+. The van der Waals surface area contributed by atoms with Crippen LogP contribution in [0.15, 0.2) is 41.3 Å². The Morgan fingerprint density at radius 1 is 0.870 bits per heavy atom. The fraction of sp³-hybridized carbons (Fsp3) is 0.500. The monoisotopic (exact) mass is 345 g/mol. The average molecular weight is 346 g/mol. The van der Waals surface area contributed by atoms with Gasteiger partial charge in [0, 0.05) is 33.2 Å². The van der Waals surface area contributed by atoms with Crippen molar-refractivity contribution < 1.29 is 4.74 Å². The highest BCUT2D eigenvalue weighted by Crippen LogP contribution is 2.35. The van der Waals surface area contributed by atoms with Crippen LogP contribution in [-0.2, 0) is 10.9 Å². The van der Waals surface area contributed by atoms with Crippen LogP contribution < -0.4 is 4.74 Å². The summed E-state index contributed by atoms with van der Waals surface area (Å²) in [6, 6.07) is 13.5. The first kappa shape index (κ1) is 15.7. The van der Waals surface area contributed by atoms with Crippen LogP contribution in [0.4, 0.5) is 0 Å².